The lowest BCUT2D eigenvalue weighted by Gasteiger charge is -2.23. The van der Waals surface area contributed by atoms with Crippen molar-refractivity contribution in [3.63, 3.8) is 0 Å². The van der Waals surface area contributed by atoms with E-state index < -0.39 is 5.60 Å². The number of aliphatic hydroxyl groups is 1. The summed E-state index contributed by atoms with van der Waals surface area (Å²) in [6, 6.07) is 0. The number of hydrogen-bond acceptors (Lipinski definition) is 6. The minimum Gasteiger partial charge on any atom is -0.388 e. The summed E-state index contributed by atoms with van der Waals surface area (Å²) in [6.07, 6.45) is 3.94. The number of anilines is 2. The van der Waals surface area contributed by atoms with Crippen LogP contribution in [0.2, 0.25) is 0 Å². The van der Waals surface area contributed by atoms with Crippen molar-refractivity contribution in [1.82, 2.24) is 9.97 Å². The molecule has 1 atom stereocenters. The first kappa shape index (κ1) is 14.7. The Hall–Kier alpha value is -1.40. The van der Waals surface area contributed by atoms with Crippen LogP contribution in [0.25, 0.3) is 0 Å². The second-order valence-corrected chi connectivity index (χ2v) is 4.65. The molecule has 0 saturated carbocycles. The molecule has 0 radical (unpaired) electrons. The maximum Gasteiger partial charge on any atom is 0.148 e. The summed E-state index contributed by atoms with van der Waals surface area (Å²) >= 11 is 0. The predicted molar refractivity (Wildman–Crippen MR) is 73.2 cm³/mol. The van der Waals surface area contributed by atoms with Crippen LogP contribution in [0.1, 0.15) is 39.2 Å². The van der Waals surface area contributed by atoms with E-state index in [0.717, 1.165) is 24.2 Å². The zero-order valence-corrected chi connectivity index (χ0v) is 11.3. The van der Waals surface area contributed by atoms with Crippen molar-refractivity contribution in [3.8, 4) is 0 Å². The highest BCUT2D eigenvalue weighted by Crippen LogP contribution is 2.21. The van der Waals surface area contributed by atoms with Crippen LogP contribution in [0.15, 0.2) is 6.33 Å². The van der Waals surface area contributed by atoms with Gasteiger partial charge in [0.05, 0.1) is 5.60 Å². The summed E-state index contributed by atoms with van der Waals surface area (Å²) in [7, 11) is 0. The van der Waals surface area contributed by atoms with Gasteiger partial charge < -0.3 is 15.8 Å². The molecular weight excluding hydrogens is 230 g/mol. The van der Waals surface area contributed by atoms with Gasteiger partial charge in [0.15, 0.2) is 0 Å². The van der Waals surface area contributed by atoms with Crippen LogP contribution in [0.3, 0.4) is 0 Å². The second kappa shape index (κ2) is 6.51. The molecule has 6 nitrogen and oxygen atoms in total. The molecule has 1 aromatic heterocycles. The minimum atomic E-state index is -0.745. The molecule has 0 fully saturated rings. The van der Waals surface area contributed by atoms with Crippen LogP contribution in [0, 0.1) is 0 Å². The van der Waals surface area contributed by atoms with Crippen LogP contribution in [0.4, 0.5) is 11.6 Å². The quantitative estimate of drug-likeness (QED) is 0.432. The monoisotopic (exact) mass is 253 g/mol. The van der Waals surface area contributed by atoms with E-state index in [1.165, 1.54) is 6.33 Å². The topological polar surface area (TPSA) is 96.1 Å². The molecule has 5 N–H and O–H groups in total. The number of rotatable bonds is 7. The van der Waals surface area contributed by atoms with Crippen LogP contribution >= 0.6 is 0 Å². The first-order valence-electron chi connectivity index (χ1n) is 6.30. The molecule has 18 heavy (non-hydrogen) atoms. The van der Waals surface area contributed by atoms with Crippen LogP contribution < -0.4 is 16.6 Å². The Morgan fingerprint density at radius 2 is 2.00 bits per heavy atom. The maximum absolute atomic E-state index is 9.99. The van der Waals surface area contributed by atoms with Gasteiger partial charge in [0.2, 0.25) is 0 Å². The van der Waals surface area contributed by atoms with Crippen LogP contribution in [0.5, 0.6) is 0 Å². The highest BCUT2D eigenvalue weighted by molar-refractivity contribution is 5.57. The van der Waals surface area contributed by atoms with Crippen LogP contribution in [-0.2, 0) is 6.42 Å². The highest BCUT2D eigenvalue weighted by atomic mass is 16.3. The van der Waals surface area contributed by atoms with Crippen molar-refractivity contribution >= 4 is 11.6 Å². The second-order valence-electron chi connectivity index (χ2n) is 4.65. The summed E-state index contributed by atoms with van der Waals surface area (Å²) in [6.45, 7) is 6.27. The molecule has 1 unspecified atom stereocenters. The van der Waals surface area contributed by atoms with Crippen molar-refractivity contribution in [2.24, 2.45) is 5.84 Å². The number of hydrogen-bond donors (Lipinski definition) is 4. The third-order valence-electron chi connectivity index (χ3n) is 2.98. The van der Waals surface area contributed by atoms with Gasteiger partial charge in [-0.3, -0.25) is 0 Å². The lowest BCUT2D eigenvalue weighted by molar-refractivity contribution is 0.0696. The summed E-state index contributed by atoms with van der Waals surface area (Å²) < 4.78 is 0. The Balaban J connectivity index is 2.87. The van der Waals surface area contributed by atoms with Crippen molar-refractivity contribution in [1.29, 1.82) is 0 Å². The van der Waals surface area contributed by atoms with Crippen molar-refractivity contribution < 1.29 is 5.11 Å². The molecule has 0 aliphatic carbocycles. The van der Waals surface area contributed by atoms with Gasteiger partial charge in [-0.15, -0.1) is 0 Å². The standard InChI is InChI=1S/C12H23N5O/c1-4-6-9-10(14-7-12(3,18)5-2)15-8-16-11(9)17-13/h8,18H,4-7,13H2,1-3H3,(H2,14,15,16,17). The number of nitrogen functional groups attached to an aromatic ring is 1. The third kappa shape index (κ3) is 3.82. The molecule has 0 aliphatic heterocycles. The molecular formula is C12H23N5O. The van der Waals surface area contributed by atoms with Gasteiger partial charge in [-0.25, -0.2) is 15.8 Å². The van der Waals surface area contributed by atoms with E-state index in [0.29, 0.717) is 18.8 Å². The molecule has 1 heterocycles. The van der Waals surface area contributed by atoms with Gasteiger partial charge in [0.1, 0.15) is 18.0 Å². The Kier molecular flexibility index (Phi) is 5.30. The van der Waals surface area contributed by atoms with E-state index in [1.807, 2.05) is 6.92 Å². The van der Waals surface area contributed by atoms with E-state index in [2.05, 4.69) is 27.6 Å². The zero-order valence-electron chi connectivity index (χ0n) is 11.3. The minimum absolute atomic E-state index is 0.446. The van der Waals surface area contributed by atoms with E-state index in [4.69, 9.17) is 5.84 Å². The summed E-state index contributed by atoms with van der Waals surface area (Å²) in [5.41, 5.74) is 2.79. The fourth-order valence-corrected chi connectivity index (χ4v) is 1.57. The number of nitrogens with one attached hydrogen (secondary N) is 2. The average molecular weight is 253 g/mol. The van der Waals surface area contributed by atoms with E-state index >= 15 is 0 Å². The zero-order chi connectivity index (χ0) is 13.6. The Morgan fingerprint density at radius 3 is 2.56 bits per heavy atom. The molecule has 1 rings (SSSR count). The number of hydrazine groups is 1. The van der Waals surface area contributed by atoms with Gasteiger partial charge in [0, 0.05) is 12.1 Å². The number of nitrogens with two attached hydrogens (primary N) is 1. The van der Waals surface area contributed by atoms with Crippen LogP contribution in [-0.4, -0.2) is 27.2 Å². The van der Waals surface area contributed by atoms with Gasteiger partial charge >= 0.3 is 0 Å². The molecule has 0 aromatic carbocycles. The normalized spacial score (nSPS) is 14.1. The summed E-state index contributed by atoms with van der Waals surface area (Å²) in [4.78, 5) is 8.31. The van der Waals surface area contributed by atoms with Gasteiger partial charge in [-0.2, -0.15) is 0 Å². The Bertz CT molecular complexity index is 381. The molecule has 0 spiro atoms. The Morgan fingerprint density at radius 1 is 1.33 bits per heavy atom. The molecule has 0 saturated heterocycles. The van der Waals surface area contributed by atoms with Crippen molar-refractivity contribution in [3.05, 3.63) is 11.9 Å². The maximum atomic E-state index is 9.99. The average Bonchev–Trinajstić information content (AvgIpc) is 2.38. The van der Waals surface area contributed by atoms with Gasteiger partial charge in [-0.1, -0.05) is 20.3 Å². The molecule has 1 aromatic rings. The largest absolute Gasteiger partial charge is 0.388 e. The first-order valence-corrected chi connectivity index (χ1v) is 6.30. The fourth-order valence-electron chi connectivity index (χ4n) is 1.57. The number of nitrogens with zero attached hydrogens (tertiary/aromatic N) is 2. The Labute approximate surface area is 108 Å². The van der Waals surface area contributed by atoms with E-state index in [1.54, 1.807) is 6.92 Å². The molecule has 0 amide bonds. The van der Waals surface area contributed by atoms with Crippen molar-refractivity contribution in [2.45, 2.75) is 45.6 Å². The summed E-state index contributed by atoms with van der Waals surface area (Å²) in [5, 5.41) is 13.2. The lowest BCUT2D eigenvalue weighted by Crippen LogP contribution is -2.33. The molecule has 6 heteroatoms. The SMILES string of the molecule is CCCc1c(NN)ncnc1NCC(C)(O)CC. The lowest BCUT2D eigenvalue weighted by atomic mass is 10.0. The van der Waals surface area contributed by atoms with E-state index in [-0.39, 0.29) is 0 Å². The number of aromatic nitrogens is 2. The smallest absolute Gasteiger partial charge is 0.148 e. The van der Waals surface area contributed by atoms with E-state index in [9.17, 15) is 5.11 Å². The first-order chi connectivity index (χ1) is 8.54. The molecule has 0 aliphatic rings. The molecule has 102 valence electrons. The molecule has 0 bridgehead atoms. The fraction of sp³-hybridized carbons (Fsp3) is 0.667. The predicted octanol–water partition coefficient (Wildman–Crippen LogP) is 1.29. The third-order valence-corrected chi connectivity index (χ3v) is 2.98. The van der Waals surface area contributed by atoms with Crippen molar-refractivity contribution in [2.75, 3.05) is 17.3 Å². The van der Waals surface area contributed by atoms with Gasteiger partial charge in [0.25, 0.3) is 0 Å². The van der Waals surface area contributed by atoms with Gasteiger partial charge in [-0.05, 0) is 19.8 Å². The summed E-state index contributed by atoms with van der Waals surface area (Å²) in [5.74, 6) is 6.80. The highest BCUT2D eigenvalue weighted by Gasteiger charge is 2.18.